The number of fused-ring (bicyclic) bond motifs is 2. The number of aliphatic hydroxyl groups is 6. The molecule has 43 nitrogen and oxygen atoms in total. The Hall–Kier alpha value is -5.43. The summed E-state index contributed by atoms with van der Waals surface area (Å²) in [5.74, 6) is -0.983. The predicted molar refractivity (Wildman–Crippen MR) is 342 cm³/mol. The molecule has 0 radical (unpaired) electrons. The van der Waals surface area contributed by atoms with Crippen LogP contribution in [0, 0.1) is 0 Å². The van der Waals surface area contributed by atoms with E-state index in [1.807, 2.05) is 0 Å². The first-order chi connectivity index (χ1) is 48.9. The zero-order valence-electron chi connectivity index (χ0n) is 56.2. The molecule has 16 N–H and O–H groups in total. The van der Waals surface area contributed by atoms with Crippen molar-refractivity contribution in [3.63, 3.8) is 0 Å². The lowest BCUT2D eigenvalue weighted by Gasteiger charge is -2.42. The van der Waals surface area contributed by atoms with Crippen molar-refractivity contribution in [2.45, 2.75) is 176 Å². The molecule has 4 saturated heterocycles. The van der Waals surface area contributed by atoms with Gasteiger partial charge in [0.25, 0.3) is 0 Å². The number of carbonyl (C=O) groups is 3. The number of carbonyl (C=O) groups excluding carboxylic acids is 3. The van der Waals surface area contributed by atoms with Gasteiger partial charge < -0.3 is 134 Å². The summed E-state index contributed by atoms with van der Waals surface area (Å²) in [7, 11) is -10.6. The molecule has 0 aliphatic carbocycles. The average molecular weight is 1500 g/mol. The third kappa shape index (κ3) is 24.0. The number of imidazole rings is 2. The van der Waals surface area contributed by atoms with E-state index in [4.69, 9.17) is 86.6 Å². The molecule has 1 unspecified atom stereocenters. The Kier molecular flexibility index (Phi) is 32.5. The van der Waals surface area contributed by atoms with Crippen LogP contribution in [0.2, 0.25) is 0 Å². The Morgan fingerprint density at radius 3 is 1.64 bits per heavy atom. The zero-order chi connectivity index (χ0) is 73.5. The van der Waals surface area contributed by atoms with Crippen LogP contribution < -0.4 is 27.4 Å². The fourth-order valence-electron chi connectivity index (χ4n) is 11.2. The average Bonchev–Trinajstić information content (AvgIpc) is 1.61. The molecule has 576 valence electrons. The molecule has 3 amide bonds. The largest absolute Gasteiger partial charge is 0.472 e. The summed E-state index contributed by atoms with van der Waals surface area (Å²) in [4.78, 5) is 93.3. The SMILES string of the molecule is CC(=O)N[C@H]1[C@H](OCCCCC(=O)NCCOCCOCO[C@@H]2[C@H](OP(=O)(O)OC[C@H]3O[C@@H](n4cnc5c(N)ncnc54)[C@H](OCOCCOCCNC(=O)CCCCO[C@H]4C[C@@H](O)[C@@H](O)[C@@H](CO)O4)[C@@H]3OC(C)C)[C@@H](COP(=O)(O)O)O[C@H]2n2cnc3c(N)ncnc32)O[C@H](CO)[C@H](O)[C@@H]1O. The topological polar surface area (TPSA) is 590 Å². The van der Waals surface area contributed by atoms with E-state index in [0.717, 1.165) is 6.33 Å². The highest BCUT2D eigenvalue weighted by molar-refractivity contribution is 7.47. The van der Waals surface area contributed by atoms with Crippen LogP contribution in [0.5, 0.6) is 0 Å². The van der Waals surface area contributed by atoms with E-state index in [0.29, 0.717) is 25.7 Å². The van der Waals surface area contributed by atoms with E-state index < -0.39 is 165 Å². The van der Waals surface area contributed by atoms with Gasteiger partial charge in [-0.25, -0.2) is 39.0 Å². The number of anilines is 2. The number of phosphoric ester groups is 2. The number of nitrogens with zero attached hydrogens (tertiary/aromatic N) is 8. The minimum Gasteiger partial charge on any atom is -0.394 e. The van der Waals surface area contributed by atoms with Crippen molar-refractivity contribution in [3.8, 4) is 0 Å². The second-order valence-electron chi connectivity index (χ2n) is 24.0. The van der Waals surface area contributed by atoms with Gasteiger partial charge in [-0.2, -0.15) is 0 Å². The van der Waals surface area contributed by atoms with Gasteiger partial charge in [0.05, 0.1) is 90.9 Å². The molecular formula is C57H93N13O30P2. The number of hydrogen-bond donors (Lipinski definition) is 14. The normalized spacial score (nSPS) is 28.3. The predicted octanol–water partition coefficient (Wildman–Crippen LogP) is -3.84. The van der Waals surface area contributed by atoms with Crippen LogP contribution >= 0.6 is 15.6 Å². The van der Waals surface area contributed by atoms with Gasteiger partial charge in [-0.05, 0) is 39.5 Å². The molecular weight excluding hydrogens is 1410 g/mol. The summed E-state index contributed by atoms with van der Waals surface area (Å²) in [5, 5.41) is 67.5. The Morgan fingerprint density at radius 1 is 0.598 bits per heavy atom. The van der Waals surface area contributed by atoms with E-state index >= 15 is 0 Å². The first-order valence-corrected chi connectivity index (χ1v) is 35.9. The first kappa shape index (κ1) is 82.2. The second-order valence-corrected chi connectivity index (χ2v) is 26.6. The van der Waals surface area contributed by atoms with Gasteiger partial charge in [-0.3, -0.25) is 37.1 Å². The molecule has 4 fully saturated rings. The third-order valence-corrected chi connectivity index (χ3v) is 17.6. The number of unbranched alkanes of at least 4 members (excludes halogenated alkanes) is 2. The molecule has 45 heteroatoms. The fraction of sp³-hybridized carbons (Fsp3) is 0.772. The summed E-state index contributed by atoms with van der Waals surface area (Å²) in [6.07, 6.45) is -13.6. The molecule has 0 aromatic carbocycles. The number of ether oxygens (including phenoxy) is 13. The van der Waals surface area contributed by atoms with Crippen LogP contribution in [0.3, 0.4) is 0 Å². The number of nitrogens with two attached hydrogens (primary N) is 2. The van der Waals surface area contributed by atoms with Crippen LogP contribution in [-0.2, 0) is 98.7 Å². The molecule has 18 atom stereocenters. The summed E-state index contributed by atoms with van der Waals surface area (Å²) >= 11 is 0. The van der Waals surface area contributed by atoms with Crippen LogP contribution in [0.15, 0.2) is 25.3 Å². The molecule has 4 aliphatic heterocycles. The highest BCUT2D eigenvalue weighted by Gasteiger charge is 2.54. The number of aliphatic hydroxyl groups excluding tert-OH is 6. The zero-order valence-corrected chi connectivity index (χ0v) is 58.0. The maximum absolute atomic E-state index is 14.4. The lowest BCUT2D eigenvalue weighted by atomic mass is 9.97. The number of rotatable bonds is 45. The van der Waals surface area contributed by atoms with Gasteiger partial charge in [0.2, 0.25) is 17.7 Å². The Morgan fingerprint density at radius 2 is 1.11 bits per heavy atom. The van der Waals surface area contributed by atoms with Crippen molar-refractivity contribution in [2.75, 3.05) is 117 Å². The van der Waals surface area contributed by atoms with Gasteiger partial charge in [0.15, 0.2) is 48.0 Å². The van der Waals surface area contributed by atoms with Crippen LogP contribution in [0.4, 0.5) is 11.6 Å². The molecule has 0 saturated carbocycles. The monoisotopic (exact) mass is 1500 g/mol. The highest BCUT2D eigenvalue weighted by Crippen LogP contribution is 2.51. The van der Waals surface area contributed by atoms with Gasteiger partial charge in [0.1, 0.15) is 110 Å². The van der Waals surface area contributed by atoms with Crippen LogP contribution in [0.1, 0.15) is 78.2 Å². The Balaban J connectivity index is 0.831. The molecule has 4 aromatic heterocycles. The van der Waals surface area contributed by atoms with Crippen LogP contribution in [0.25, 0.3) is 22.3 Å². The van der Waals surface area contributed by atoms with E-state index in [2.05, 4.69) is 45.9 Å². The Labute approximate surface area is 583 Å². The highest BCUT2D eigenvalue weighted by atomic mass is 31.2. The Bertz CT molecular complexity index is 3330. The van der Waals surface area contributed by atoms with E-state index in [-0.39, 0.29) is 138 Å². The van der Waals surface area contributed by atoms with Crippen molar-refractivity contribution in [1.29, 1.82) is 0 Å². The van der Waals surface area contributed by atoms with Crippen molar-refractivity contribution in [2.24, 2.45) is 0 Å². The van der Waals surface area contributed by atoms with Gasteiger partial charge in [0, 0.05) is 52.5 Å². The minimum atomic E-state index is -5.40. The molecule has 102 heavy (non-hydrogen) atoms. The molecule has 8 heterocycles. The minimum absolute atomic E-state index is 0.0209. The number of aromatic nitrogens is 8. The summed E-state index contributed by atoms with van der Waals surface area (Å²) < 4.78 is 122. The molecule has 4 aromatic rings. The molecule has 8 rings (SSSR count). The standard InChI is InChI=1S/C57H93N13O30P2/c1-31(2)95-47-36(97-55(69-27-66-42-51(58)62-25-64-53(42)69)49(47)91-29-87-18-16-85-14-10-60-38(75)8-4-6-12-89-40-20-33(74)44(77)34(21-71)96-40)24-94-102(83,84)100-48-37(23-93-101(80,81)82)98-56(70-28-67-43-52(59)63-26-65-54(43)70)50(48)92-30-88-19-17-86-15-11-61-39(76)9-5-7-13-90-57-41(68-32(3)73)46(79)45(78)35(22-72)99-57/h25-28,31,33-37,40-41,44-50,55-57,71-72,74,77-79H,4-24,29-30H2,1-3H3,(H,60,75)(H,61,76)(H,68,73)(H,83,84)(H2,58,62,64)(H2,59,63,65)(H2,80,81,82)/t33-,34-,35-,36-,37-,40-,41-,44-,45+,46-,47-,48-,49-,50-,55-,56-,57-/m1/s1. The molecule has 0 bridgehead atoms. The quantitative estimate of drug-likeness (QED) is 0.0114. The number of phosphoric acid groups is 2. The second kappa shape index (κ2) is 40.3. The van der Waals surface area contributed by atoms with Crippen molar-refractivity contribution in [3.05, 3.63) is 25.3 Å². The van der Waals surface area contributed by atoms with Crippen LogP contribution in [-0.4, -0.2) is 306 Å². The summed E-state index contributed by atoms with van der Waals surface area (Å²) in [6.45, 7) is 1.80. The number of nitrogen functional groups attached to an aromatic ring is 2. The summed E-state index contributed by atoms with van der Waals surface area (Å²) in [6, 6.07) is -1.10. The van der Waals surface area contributed by atoms with Gasteiger partial charge in [-0.1, -0.05) is 0 Å². The summed E-state index contributed by atoms with van der Waals surface area (Å²) in [5.41, 5.74) is 12.9. The van der Waals surface area contributed by atoms with Crippen molar-refractivity contribution >= 4 is 67.3 Å². The maximum Gasteiger partial charge on any atom is 0.472 e. The smallest absolute Gasteiger partial charge is 0.394 e. The third-order valence-electron chi connectivity index (χ3n) is 16.1. The first-order valence-electron chi connectivity index (χ1n) is 32.9. The molecule has 0 spiro atoms. The van der Waals surface area contributed by atoms with E-state index in [1.54, 1.807) is 13.8 Å². The molecule has 4 aliphatic rings. The van der Waals surface area contributed by atoms with E-state index in [1.165, 1.54) is 35.0 Å². The lowest BCUT2D eigenvalue weighted by molar-refractivity contribution is -0.270. The van der Waals surface area contributed by atoms with Gasteiger partial charge in [-0.15, -0.1) is 0 Å². The van der Waals surface area contributed by atoms with E-state index in [9.17, 15) is 68.8 Å². The number of amides is 3. The number of nitrogens with one attached hydrogen (secondary N) is 3. The fourth-order valence-corrected chi connectivity index (χ4v) is 12.5. The lowest BCUT2D eigenvalue weighted by Crippen LogP contribution is -2.64. The van der Waals surface area contributed by atoms with Crippen molar-refractivity contribution < 1.29 is 144 Å². The van der Waals surface area contributed by atoms with Gasteiger partial charge >= 0.3 is 15.6 Å². The maximum atomic E-state index is 14.4. The van der Waals surface area contributed by atoms with Crippen molar-refractivity contribution in [1.82, 2.24) is 55.0 Å². The number of hydrogen-bond acceptors (Lipinski definition) is 35.